The molecule has 17 heavy (non-hydrogen) atoms. The Morgan fingerprint density at radius 1 is 1.24 bits per heavy atom. The van der Waals surface area contributed by atoms with Gasteiger partial charge in [-0.25, -0.2) is 0 Å². The molecule has 0 radical (unpaired) electrons. The van der Waals surface area contributed by atoms with Gasteiger partial charge in [0.1, 0.15) is 0 Å². The van der Waals surface area contributed by atoms with Crippen molar-refractivity contribution in [2.24, 2.45) is 17.1 Å². The minimum Gasteiger partial charge on any atom is -0.329 e. The molecular weight excluding hydrogens is 208 g/mol. The van der Waals surface area contributed by atoms with Crippen molar-refractivity contribution < 1.29 is 0 Å². The first kappa shape index (κ1) is 13.4. The van der Waals surface area contributed by atoms with Gasteiger partial charge in [-0.15, -0.1) is 0 Å². The van der Waals surface area contributed by atoms with E-state index >= 15 is 0 Å². The molecule has 0 saturated heterocycles. The van der Waals surface area contributed by atoms with Gasteiger partial charge in [0.25, 0.3) is 0 Å². The summed E-state index contributed by atoms with van der Waals surface area (Å²) in [4.78, 5) is 2.76. The first-order valence-electron chi connectivity index (χ1n) is 7.51. The van der Waals surface area contributed by atoms with E-state index in [0.717, 1.165) is 12.5 Å². The van der Waals surface area contributed by atoms with Crippen molar-refractivity contribution >= 4 is 0 Å². The molecule has 0 aromatic rings. The smallest absolute Gasteiger partial charge is 0.0382 e. The SMILES string of the molecule is CCCN(CC1CC1)C1(CN)CCCC1(C)C. The van der Waals surface area contributed by atoms with E-state index in [2.05, 4.69) is 25.7 Å². The maximum absolute atomic E-state index is 6.23. The van der Waals surface area contributed by atoms with Crippen molar-refractivity contribution in [1.82, 2.24) is 4.90 Å². The number of nitrogens with two attached hydrogens (primary N) is 1. The lowest BCUT2D eigenvalue weighted by Gasteiger charge is -2.50. The van der Waals surface area contributed by atoms with Crippen molar-refractivity contribution in [3.05, 3.63) is 0 Å². The Labute approximate surface area is 107 Å². The molecule has 0 bridgehead atoms. The third-order valence-electron chi connectivity index (χ3n) is 5.26. The van der Waals surface area contributed by atoms with E-state index in [1.807, 2.05) is 0 Å². The fraction of sp³-hybridized carbons (Fsp3) is 1.00. The quantitative estimate of drug-likeness (QED) is 0.771. The normalized spacial score (nSPS) is 32.3. The van der Waals surface area contributed by atoms with Crippen LogP contribution in [0.4, 0.5) is 0 Å². The predicted octanol–water partition coefficient (Wildman–Crippen LogP) is 3.02. The van der Waals surface area contributed by atoms with E-state index in [-0.39, 0.29) is 5.54 Å². The van der Waals surface area contributed by atoms with Crippen LogP contribution in [0.5, 0.6) is 0 Å². The van der Waals surface area contributed by atoms with Crippen LogP contribution in [-0.2, 0) is 0 Å². The second kappa shape index (κ2) is 4.89. The Balaban J connectivity index is 2.16. The van der Waals surface area contributed by atoms with Gasteiger partial charge in [0.05, 0.1) is 0 Å². The van der Waals surface area contributed by atoms with E-state index in [1.165, 1.54) is 51.6 Å². The van der Waals surface area contributed by atoms with E-state index < -0.39 is 0 Å². The summed E-state index contributed by atoms with van der Waals surface area (Å²) in [6.45, 7) is 10.5. The number of hydrogen-bond acceptors (Lipinski definition) is 2. The van der Waals surface area contributed by atoms with Gasteiger partial charge in [0, 0.05) is 18.6 Å². The summed E-state index contributed by atoms with van der Waals surface area (Å²) in [5.74, 6) is 0.973. The number of nitrogens with zero attached hydrogens (tertiary/aromatic N) is 1. The predicted molar refractivity (Wildman–Crippen MR) is 74.0 cm³/mol. The standard InChI is InChI=1S/C15H30N2/c1-4-10-17(11-13-6-7-13)15(12-16)9-5-8-14(15,2)3/h13H,4-12,16H2,1-3H3. The molecule has 1 unspecified atom stereocenters. The highest BCUT2D eigenvalue weighted by atomic mass is 15.2. The molecule has 2 N–H and O–H groups in total. The molecule has 0 aliphatic heterocycles. The third-order valence-corrected chi connectivity index (χ3v) is 5.26. The molecule has 2 aliphatic rings. The summed E-state index contributed by atoms with van der Waals surface area (Å²) >= 11 is 0. The average Bonchev–Trinajstić information content (AvgIpc) is 3.02. The van der Waals surface area contributed by atoms with Crippen LogP contribution in [0.2, 0.25) is 0 Å². The summed E-state index contributed by atoms with van der Waals surface area (Å²) in [6.07, 6.45) is 8.15. The zero-order valence-corrected chi connectivity index (χ0v) is 12.0. The molecule has 2 aliphatic carbocycles. The van der Waals surface area contributed by atoms with Crippen LogP contribution in [0.15, 0.2) is 0 Å². The van der Waals surface area contributed by atoms with Crippen LogP contribution in [-0.4, -0.2) is 30.1 Å². The molecule has 2 fully saturated rings. The molecule has 0 spiro atoms. The van der Waals surface area contributed by atoms with Gasteiger partial charge in [-0.3, -0.25) is 4.90 Å². The Hall–Kier alpha value is -0.0800. The highest BCUT2D eigenvalue weighted by Crippen LogP contribution is 2.50. The average molecular weight is 238 g/mol. The topological polar surface area (TPSA) is 29.3 Å². The highest BCUT2D eigenvalue weighted by Gasteiger charge is 2.51. The minimum absolute atomic E-state index is 0.283. The third kappa shape index (κ3) is 2.39. The molecule has 0 amide bonds. The van der Waals surface area contributed by atoms with Gasteiger partial charge in [0.2, 0.25) is 0 Å². The molecule has 0 heterocycles. The van der Waals surface area contributed by atoms with E-state index in [4.69, 9.17) is 5.73 Å². The Morgan fingerprint density at radius 2 is 1.94 bits per heavy atom. The zero-order valence-electron chi connectivity index (χ0n) is 12.0. The van der Waals surface area contributed by atoms with E-state index in [0.29, 0.717) is 5.41 Å². The lowest BCUT2D eigenvalue weighted by molar-refractivity contribution is 0.00904. The van der Waals surface area contributed by atoms with Crippen molar-refractivity contribution in [3.63, 3.8) is 0 Å². The summed E-state index contributed by atoms with van der Waals surface area (Å²) in [7, 11) is 0. The Kier molecular flexibility index (Phi) is 3.84. The van der Waals surface area contributed by atoms with Crippen LogP contribution in [0, 0.1) is 11.3 Å². The van der Waals surface area contributed by atoms with Crippen LogP contribution >= 0.6 is 0 Å². The second-order valence-corrected chi connectivity index (χ2v) is 6.86. The minimum atomic E-state index is 0.283. The van der Waals surface area contributed by atoms with Crippen molar-refractivity contribution in [2.45, 2.75) is 64.8 Å². The van der Waals surface area contributed by atoms with Crippen LogP contribution in [0.1, 0.15) is 59.3 Å². The molecule has 2 heteroatoms. The van der Waals surface area contributed by atoms with E-state index in [9.17, 15) is 0 Å². The molecule has 2 rings (SSSR count). The van der Waals surface area contributed by atoms with Gasteiger partial charge in [-0.05, 0) is 50.0 Å². The summed E-state index contributed by atoms with van der Waals surface area (Å²) < 4.78 is 0. The van der Waals surface area contributed by atoms with E-state index in [1.54, 1.807) is 0 Å². The lowest BCUT2D eigenvalue weighted by atomic mass is 9.73. The molecule has 2 nitrogen and oxygen atoms in total. The summed E-state index contributed by atoms with van der Waals surface area (Å²) in [6, 6.07) is 0. The van der Waals surface area contributed by atoms with Gasteiger partial charge in [0.15, 0.2) is 0 Å². The first-order valence-corrected chi connectivity index (χ1v) is 7.51. The summed E-state index contributed by atoms with van der Waals surface area (Å²) in [5.41, 5.74) is 6.91. The van der Waals surface area contributed by atoms with Gasteiger partial charge in [-0.1, -0.05) is 27.2 Å². The second-order valence-electron chi connectivity index (χ2n) is 6.86. The van der Waals surface area contributed by atoms with Crippen molar-refractivity contribution in [1.29, 1.82) is 0 Å². The Bertz CT molecular complexity index is 258. The van der Waals surface area contributed by atoms with Gasteiger partial charge >= 0.3 is 0 Å². The highest BCUT2D eigenvalue weighted by molar-refractivity contribution is 5.07. The molecule has 100 valence electrons. The van der Waals surface area contributed by atoms with Crippen molar-refractivity contribution in [2.75, 3.05) is 19.6 Å². The summed E-state index contributed by atoms with van der Waals surface area (Å²) in [5, 5.41) is 0. The largest absolute Gasteiger partial charge is 0.329 e. The molecule has 0 aromatic carbocycles. The van der Waals surface area contributed by atoms with Gasteiger partial charge in [-0.2, -0.15) is 0 Å². The number of hydrogen-bond donors (Lipinski definition) is 1. The maximum Gasteiger partial charge on any atom is 0.0382 e. The van der Waals surface area contributed by atoms with Crippen LogP contribution in [0.3, 0.4) is 0 Å². The zero-order chi connectivity index (χ0) is 12.5. The Morgan fingerprint density at radius 3 is 2.35 bits per heavy atom. The molecular formula is C15H30N2. The van der Waals surface area contributed by atoms with Gasteiger partial charge < -0.3 is 5.73 Å². The monoisotopic (exact) mass is 238 g/mol. The van der Waals surface area contributed by atoms with Crippen LogP contribution in [0.25, 0.3) is 0 Å². The van der Waals surface area contributed by atoms with Crippen molar-refractivity contribution in [3.8, 4) is 0 Å². The fourth-order valence-corrected chi connectivity index (χ4v) is 3.85. The molecule has 1 atom stereocenters. The lowest BCUT2D eigenvalue weighted by Crippen LogP contribution is -2.60. The van der Waals surface area contributed by atoms with Crippen LogP contribution < -0.4 is 5.73 Å². The number of rotatable bonds is 6. The molecule has 2 saturated carbocycles. The maximum atomic E-state index is 6.23. The molecule has 0 aromatic heterocycles. The first-order chi connectivity index (χ1) is 8.05. The fourth-order valence-electron chi connectivity index (χ4n) is 3.85.